The van der Waals surface area contributed by atoms with Crippen LogP contribution in [0.4, 0.5) is 5.69 Å². The van der Waals surface area contributed by atoms with Crippen molar-refractivity contribution in [1.82, 2.24) is 15.3 Å². The standard InChI is InChI=1S/C19H18N4OS/c1-24-14-7-4-6-13(12-14)23-18(16-9-5-11-21-16)17(22-19(23)25)15-8-2-3-10-20-15/h2-12,17-18,21H,1H3,(H,22,25)/t17-,18-/m1/s1. The number of nitrogens with zero attached hydrogens (tertiary/aromatic N) is 2. The van der Waals surface area contributed by atoms with Crippen molar-refractivity contribution in [2.75, 3.05) is 12.0 Å². The fraction of sp³-hybridized carbons (Fsp3) is 0.158. The molecule has 3 aromatic rings. The van der Waals surface area contributed by atoms with Crippen LogP contribution in [0.25, 0.3) is 0 Å². The predicted octanol–water partition coefficient (Wildman–Crippen LogP) is 3.60. The van der Waals surface area contributed by atoms with Gasteiger partial charge < -0.3 is 19.9 Å². The van der Waals surface area contributed by atoms with Crippen LogP contribution in [0, 0.1) is 0 Å². The van der Waals surface area contributed by atoms with Gasteiger partial charge in [0, 0.05) is 29.8 Å². The normalized spacial score (nSPS) is 19.7. The minimum Gasteiger partial charge on any atom is -0.497 e. The highest BCUT2D eigenvalue weighted by molar-refractivity contribution is 7.80. The summed E-state index contributed by atoms with van der Waals surface area (Å²) in [6, 6.07) is 17.9. The van der Waals surface area contributed by atoms with E-state index in [4.69, 9.17) is 17.0 Å². The van der Waals surface area contributed by atoms with Crippen LogP contribution in [-0.2, 0) is 0 Å². The van der Waals surface area contributed by atoms with E-state index in [1.54, 1.807) is 13.3 Å². The third-order valence-corrected chi connectivity index (χ3v) is 4.68. The molecule has 1 aliphatic rings. The monoisotopic (exact) mass is 350 g/mol. The van der Waals surface area contributed by atoms with Crippen LogP contribution in [-0.4, -0.2) is 22.2 Å². The van der Waals surface area contributed by atoms with Gasteiger partial charge in [-0.1, -0.05) is 12.1 Å². The molecule has 126 valence electrons. The van der Waals surface area contributed by atoms with Gasteiger partial charge in [0.15, 0.2) is 5.11 Å². The highest BCUT2D eigenvalue weighted by Gasteiger charge is 2.41. The second-order valence-electron chi connectivity index (χ2n) is 5.82. The molecule has 0 bridgehead atoms. The lowest BCUT2D eigenvalue weighted by Gasteiger charge is -2.27. The number of methoxy groups -OCH3 is 1. The van der Waals surface area contributed by atoms with Crippen LogP contribution in [0.15, 0.2) is 67.0 Å². The van der Waals surface area contributed by atoms with Crippen LogP contribution in [0.3, 0.4) is 0 Å². The molecule has 25 heavy (non-hydrogen) atoms. The van der Waals surface area contributed by atoms with Gasteiger partial charge in [0.1, 0.15) is 11.8 Å². The maximum atomic E-state index is 5.66. The van der Waals surface area contributed by atoms with Gasteiger partial charge >= 0.3 is 0 Å². The van der Waals surface area contributed by atoms with E-state index in [9.17, 15) is 0 Å². The molecule has 0 saturated carbocycles. The van der Waals surface area contributed by atoms with E-state index in [2.05, 4.69) is 26.3 Å². The van der Waals surface area contributed by atoms with E-state index in [1.807, 2.05) is 54.7 Å². The molecular formula is C19H18N4OS. The molecule has 1 aliphatic heterocycles. The van der Waals surface area contributed by atoms with Crippen molar-refractivity contribution < 1.29 is 4.74 Å². The molecule has 2 N–H and O–H groups in total. The number of anilines is 1. The maximum Gasteiger partial charge on any atom is 0.174 e. The fourth-order valence-electron chi connectivity index (χ4n) is 3.24. The predicted molar refractivity (Wildman–Crippen MR) is 102 cm³/mol. The van der Waals surface area contributed by atoms with Crippen molar-refractivity contribution in [3.05, 3.63) is 78.4 Å². The number of aromatic amines is 1. The Balaban J connectivity index is 1.80. The molecule has 1 aromatic carbocycles. The molecule has 1 fully saturated rings. The van der Waals surface area contributed by atoms with E-state index in [0.717, 1.165) is 22.8 Å². The van der Waals surface area contributed by atoms with E-state index < -0.39 is 0 Å². The Labute approximate surface area is 151 Å². The number of aromatic nitrogens is 2. The maximum absolute atomic E-state index is 5.66. The highest BCUT2D eigenvalue weighted by Crippen LogP contribution is 2.41. The van der Waals surface area contributed by atoms with Gasteiger partial charge in [0.05, 0.1) is 18.8 Å². The van der Waals surface area contributed by atoms with Crippen molar-refractivity contribution in [3.8, 4) is 5.75 Å². The van der Waals surface area contributed by atoms with Crippen molar-refractivity contribution in [2.24, 2.45) is 0 Å². The van der Waals surface area contributed by atoms with Gasteiger partial charge in [-0.25, -0.2) is 0 Å². The summed E-state index contributed by atoms with van der Waals surface area (Å²) in [5, 5.41) is 4.10. The summed E-state index contributed by atoms with van der Waals surface area (Å²) in [6.07, 6.45) is 3.73. The zero-order chi connectivity index (χ0) is 17.2. The Morgan fingerprint density at radius 1 is 1.12 bits per heavy atom. The lowest BCUT2D eigenvalue weighted by molar-refractivity contribution is 0.414. The summed E-state index contributed by atoms with van der Waals surface area (Å²) >= 11 is 5.66. The number of hydrogen-bond acceptors (Lipinski definition) is 3. The Morgan fingerprint density at radius 2 is 2.04 bits per heavy atom. The number of ether oxygens (including phenoxy) is 1. The summed E-state index contributed by atoms with van der Waals surface area (Å²) in [7, 11) is 1.67. The van der Waals surface area contributed by atoms with Crippen molar-refractivity contribution in [3.63, 3.8) is 0 Å². The van der Waals surface area contributed by atoms with Crippen LogP contribution in [0.2, 0.25) is 0 Å². The Kier molecular flexibility index (Phi) is 4.11. The molecular weight excluding hydrogens is 332 g/mol. The first-order valence-corrected chi connectivity index (χ1v) is 8.47. The van der Waals surface area contributed by atoms with Gasteiger partial charge in [-0.2, -0.15) is 0 Å². The second kappa shape index (κ2) is 6.57. The third kappa shape index (κ3) is 2.85. The first-order chi connectivity index (χ1) is 12.3. The minimum atomic E-state index is -0.0430. The number of pyridine rings is 1. The molecule has 1 saturated heterocycles. The zero-order valence-electron chi connectivity index (χ0n) is 13.7. The summed E-state index contributed by atoms with van der Waals surface area (Å²) in [4.78, 5) is 9.97. The lowest BCUT2D eigenvalue weighted by Crippen LogP contribution is -2.29. The fourth-order valence-corrected chi connectivity index (χ4v) is 3.58. The largest absolute Gasteiger partial charge is 0.497 e. The molecule has 6 heteroatoms. The van der Waals surface area contributed by atoms with Crippen molar-refractivity contribution in [2.45, 2.75) is 12.1 Å². The highest BCUT2D eigenvalue weighted by atomic mass is 32.1. The van der Waals surface area contributed by atoms with E-state index in [0.29, 0.717) is 5.11 Å². The average molecular weight is 350 g/mol. The smallest absolute Gasteiger partial charge is 0.174 e. The quantitative estimate of drug-likeness (QED) is 0.704. The first kappa shape index (κ1) is 15.7. The van der Waals surface area contributed by atoms with E-state index in [1.165, 1.54) is 0 Å². The number of rotatable bonds is 4. The molecule has 4 rings (SSSR count). The van der Waals surface area contributed by atoms with Gasteiger partial charge in [-0.3, -0.25) is 4.98 Å². The summed E-state index contributed by atoms with van der Waals surface area (Å²) in [5.74, 6) is 0.798. The SMILES string of the molecule is COc1cccc(N2C(=S)N[C@H](c3ccccn3)[C@H]2c2ccc[nH]2)c1. The topological polar surface area (TPSA) is 53.2 Å². The van der Waals surface area contributed by atoms with Crippen molar-refractivity contribution >= 4 is 23.0 Å². The molecule has 0 radical (unpaired) electrons. The van der Waals surface area contributed by atoms with Gasteiger partial charge in [0.25, 0.3) is 0 Å². The second-order valence-corrected chi connectivity index (χ2v) is 6.21. The Hall–Kier alpha value is -2.86. The van der Waals surface area contributed by atoms with E-state index >= 15 is 0 Å². The number of benzene rings is 1. The van der Waals surface area contributed by atoms with Gasteiger partial charge in [-0.05, 0) is 48.6 Å². The van der Waals surface area contributed by atoms with Crippen LogP contribution in [0.5, 0.6) is 5.75 Å². The van der Waals surface area contributed by atoms with E-state index in [-0.39, 0.29) is 12.1 Å². The Bertz CT molecular complexity index is 866. The molecule has 2 aromatic heterocycles. The third-order valence-electron chi connectivity index (χ3n) is 4.37. The van der Waals surface area contributed by atoms with Crippen LogP contribution in [0.1, 0.15) is 23.5 Å². The lowest BCUT2D eigenvalue weighted by atomic mass is 10.0. The zero-order valence-corrected chi connectivity index (χ0v) is 14.5. The first-order valence-electron chi connectivity index (χ1n) is 8.06. The molecule has 3 heterocycles. The molecule has 5 nitrogen and oxygen atoms in total. The molecule has 0 amide bonds. The van der Waals surface area contributed by atoms with Crippen LogP contribution >= 0.6 is 12.2 Å². The van der Waals surface area contributed by atoms with Crippen molar-refractivity contribution in [1.29, 1.82) is 0 Å². The van der Waals surface area contributed by atoms with Gasteiger partial charge in [0.2, 0.25) is 0 Å². The summed E-state index contributed by atoms with van der Waals surface area (Å²) < 4.78 is 5.38. The number of H-pyrrole nitrogens is 1. The summed E-state index contributed by atoms with van der Waals surface area (Å²) in [6.45, 7) is 0. The molecule has 0 aliphatic carbocycles. The average Bonchev–Trinajstić information content (AvgIpc) is 3.30. The van der Waals surface area contributed by atoms with Gasteiger partial charge in [-0.15, -0.1) is 0 Å². The Morgan fingerprint density at radius 3 is 2.76 bits per heavy atom. The number of thiocarbonyl (C=S) groups is 1. The minimum absolute atomic E-state index is 0.0236. The molecule has 0 unspecified atom stereocenters. The molecule has 0 spiro atoms. The number of nitrogens with one attached hydrogen (secondary N) is 2. The van der Waals surface area contributed by atoms with Crippen LogP contribution < -0.4 is 15.0 Å². The molecule has 2 atom stereocenters. The number of hydrogen-bond donors (Lipinski definition) is 2. The summed E-state index contributed by atoms with van der Waals surface area (Å²) in [5.41, 5.74) is 3.01.